The third-order valence-corrected chi connectivity index (χ3v) is 4.27. The van der Waals surface area contributed by atoms with Crippen molar-refractivity contribution in [2.45, 2.75) is 32.1 Å². The molecule has 124 valence electrons. The zero-order valence-electron chi connectivity index (χ0n) is 14.5. The number of benzene rings is 2. The molecule has 1 atom stereocenters. The molecule has 2 aromatic carbocycles. The van der Waals surface area contributed by atoms with Gasteiger partial charge in [-0.15, -0.1) is 0 Å². The van der Waals surface area contributed by atoms with Crippen molar-refractivity contribution in [2.24, 2.45) is 0 Å². The van der Waals surface area contributed by atoms with E-state index in [4.69, 9.17) is 14.2 Å². The molecular weight excluding hydrogens is 288 g/mol. The summed E-state index contributed by atoms with van der Waals surface area (Å²) >= 11 is 0. The first-order chi connectivity index (χ1) is 11.2. The molecule has 2 rings (SSSR count). The predicted octanol–water partition coefficient (Wildman–Crippen LogP) is 4.84. The standard InChI is InChI=1S/C20H26O3/c1-5-16(17-9-7-6-8-10-17)12-11-15-13-18(21-2)20(23-4)19(14-15)22-3/h6-10,13-14,16H,5,11-12H2,1-4H3. The molecule has 23 heavy (non-hydrogen) atoms. The van der Waals surface area contributed by atoms with Gasteiger partial charge in [-0.2, -0.15) is 0 Å². The number of hydrogen-bond donors (Lipinski definition) is 0. The molecule has 0 radical (unpaired) electrons. The highest BCUT2D eigenvalue weighted by Crippen LogP contribution is 2.39. The lowest BCUT2D eigenvalue weighted by molar-refractivity contribution is 0.323. The maximum Gasteiger partial charge on any atom is 0.203 e. The van der Waals surface area contributed by atoms with Crippen LogP contribution in [-0.2, 0) is 6.42 Å². The summed E-state index contributed by atoms with van der Waals surface area (Å²) in [6, 6.07) is 14.8. The van der Waals surface area contributed by atoms with Crippen LogP contribution in [0.15, 0.2) is 42.5 Å². The van der Waals surface area contributed by atoms with Crippen LogP contribution in [0.5, 0.6) is 17.2 Å². The second-order valence-corrected chi connectivity index (χ2v) is 5.59. The molecule has 2 aromatic rings. The summed E-state index contributed by atoms with van der Waals surface area (Å²) in [5, 5.41) is 0. The van der Waals surface area contributed by atoms with E-state index >= 15 is 0 Å². The first-order valence-corrected chi connectivity index (χ1v) is 8.07. The molecule has 0 saturated carbocycles. The van der Waals surface area contributed by atoms with Crippen molar-refractivity contribution < 1.29 is 14.2 Å². The van der Waals surface area contributed by atoms with E-state index in [1.807, 2.05) is 12.1 Å². The van der Waals surface area contributed by atoms with Gasteiger partial charge in [0.15, 0.2) is 11.5 Å². The summed E-state index contributed by atoms with van der Waals surface area (Å²) in [4.78, 5) is 0. The number of rotatable bonds is 8. The maximum absolute atomic E-state index is 5.43. The van der Waals surface area contributed by atoms with E-state index < -0.39 is 0 Å². The SMILES string of the molecule is CCC(CCc1cc(OC)c(OC)c(OC)c1)c1ccccc1. The molecule has 0 spiro atoms. The van der Waals surface area contributed by atoms with E-state index in [1.165, 1.54) is 11.1 Å². The van der Waals surface area contributed by atoms with Gasteiger partial charge in [0, 0.05) is 0 Å². The molecule has 0 saturated heterocycles. The van der Waals surface area contributed by atoms with Crippen molar-refractivity contribution in [3.63, 3.8) is 0 Å². The van der Waals surface area contributed by atoms with Crippen LogP contribution < -0.4 is 14.2 Å². The molecule has 3 heteroatoms. The number of ether oxygens (including phenoxy) is 3. The van der Waals surface area contributed by atoms with E-state index in [9.17, 15) is 0 Å². The Labute approximate surface area is 139 Å². The Balaban J connectivity index is 2.16. The van der Waals surface area contributed by atoms with Crippen LogP contribution in [0.2, 0.25) is 0 Å². The molecule has 1 unspecified atom stereocenters. The Morgan fingerprint density at radius 1 is 0.870 bits per heavy atom. The third-order valence-electron chi connectivity index (χ3n) is 4.27. The van der Waals surface area contributed by atoms with E-state index in [-0.39, 0.29) is 0 Å². The Morgan fingerprint density at radius 3 is 1.96 bits per heavy atom. The highest BCUT2D eigenvalue weighted by atomic mass is 16.5. The summed E-state index contributed by atoms with van der Waals surface area (Å²) < 4.78 is 16.2. The smallest absolute Gasteiger partial charge is 0.203 e. The van der Waals surface area contributed by atoms with Crippen molar-refractivity contribution in [3.05, 3.63) is 53.6 Å². The summed E-state index contributed by atoms with van der Waals surface area (Å²) in [5.41, 5.74) is 2.61. The van der Waals surface area contributed by atoms with Gasteiger partial charge < -0.3 is 14.2 Å². The molecule has 0 aromatic heterocycles. The average molecular weight is 314 g/mol. The molecule has 0 aliphatic heterocycles. The molecule has 0 amide bonds. The topological polar surface area (TPSA) is 27.7 Å². The first-order valence-electron chi connectivity index (χ1n) is 8.07. The zero-order valence-corrected chi connectivity index (χ0v) is 14.5. The van der Waals surface area contributed by atoms with Gasteiger partial charge in [0.05, 0.1) is 21.3 Å². The first kappa shape index (κ1) is 17.2. The minimum atomic E-state index is 0.565. The van der Waals surface area contributed by atoms with Crippen LogP contribution in [0.3, 0.4) is 0 Å². The number of aryl methyl sites for hydroxylation is 1. The molecule has 0 bridgehead atoms. The van der Waals surface area contributed by atoms with Gasteiger partial charge in [0.1, 0.15) is 0 Å². The van der Waals surface area contributed by atoms with E-state index in [0.717, 1.165) is 30.8 Å². The van der Waals surface area contributed by atoms with Gasteiger partial charge in [-0.05, 0) is 48.4 Å². The number of hydrogen-bond acceptors (Lipinski definition) is 3. The largest absolute Gasteiger partial charge is 0.493 e. The minimum Gasteiger partial charge on any atom is -0.493 e. The average Bonchev–Trinajstić information content (AvgIpc) is 2.62. The predicted molar refractivity (Wildman–Crippen MR) is 93.9 cm³/mol. The van der Waals surface area contributed by atoms with E-state index in [1.54, 1.807) is 21.3 Å². The molecule has 3 nitrogen and oxygen atoms in total. The van der Waals surface area contributed by atoms with Crippen molar-refractivity contribution in [3.8, 4) is 17.2 Å². The summed E-state index contributed by atoms with van der Waals surface area (Å²) in [5.74, 6) is 2.65. The highest BCUT2D eigenvalue weighted by Gasteiger charge is 2.15. The zero-order chi connectivity index (χ0) is 16.7. The lowest BCUT2D eigenvalue weighted by Gasteiger charge is -2.17. The Bertz CT molecular complexity index is 583. The fraction of sp³-hybridized carbons (Fsp3) is 0.400. The van der Waals surface area contributed by atoms with Crippen molar-refractivity contribution in [2.75, 3.05) is 21.3 Å². The molecule has 0 aliphatic carbocycles. The number of methoxy groups -OCH3 is 3. The minimum absolute atomic E-state index is 0.565. The summed E-state index contributed by atoms with van der Waals surface area (Å²) in [7, 11) is 4.93. The lowest BCUT2D eigenvalue weighted by Crippen LogP contribution is -2.01. The van der Waals surface area contributed by atoms with Crippen molar-refractivity contribution >= 4 is 0 Å². The van der Waals surface area contributed by atoms with Crippen LogP contribution in [0.25, 0.3) is 0 Å². The Hall–Kier alpha value is -2.16. The molecule has 0 heterocycles. The maximum atomic E-state index is 5.43. The third kappa shape index (κ3) is 4.19. The molecule has 0 aliphatic rings. The van der Waals surface area contributed by atoms with Gasteiger partial charge in [-0.1, -0.05) is 37.3 Å². The Morgan fingerprint density at radius 2 is 1.48 bits per heavy atom. The van der Waals surface area contributed by atoms with Crippen LogP contribution >= 0.6 is 0 Å². The van der Waals surface area contributed by atoms with Gasteiger partial charge in [0.25, 0.3) is 0 Å². The van der Waals surface area contributed by atoms with Crippen LogP contribution in [0, 0.1) is 0 Å². The summed E-state index contributed by atoms with van der Waals surface area (Å²) in [6.07, 6.45) is 3.21. The van der Waals surface area contributed by atoms with Crippen molar-refractivity contribution in [1.29, 1.82) is 0 Å². The van der Waals surface area contributed by atoms with Gasteiger partial charge >= 0.3 is 0 Å². The summed E-state index contributed by atoms with van der Waals surface area (Å²) in [6.45, 7) is 2.24. The van der Waals surface area contributed by atoms with Gasteiger partial charge in [-0.3, -0.25) is 0 Å². The Kier molecular flexibility index (Phi) is 6.33. The lowest BCUT2D eigenvalue weighted by atomic mass is 9.90. The fourth-order valence-corrected chi connectivity index (χ4v) is 2.95. The molecular formula is C20H26O3. The second-order valence-electron chi connectivity index (χ2n) is 5.59. The molecule has 0 fully saturated rings. The second kappa shape index (κ2) is 8.47. The van der Waals surface area contributed by atoms with E-state index in [2.05, 4.69) is 37.3 Å². The quantitative estimate of drug-likeness (QED) is 0.698. The monoisotopic (exact) mass is 314 g/mol. The molecule has 0 N–H and O–H groups in total. The van der Waals surface area contributed by atoms with Gasteiger partial charge in [-0.25, -0.2) is 0 Å². The fourth-order valence-electron chi connectivity index (χ4n) is 2.95. The van der Waals surface area contributed by atoms with Gasteiger partial charge in [0.2, 0.25) is 5.75 Å². The van der Waals surface area contributed by atoms with E-state index in [0.29, 0.717) is 11.7 Å². The van der Waals surface area contributed by atoms with Crippen molar-refractivity contribution in [1.82, 2.24) is 0 Å². The van der Waals surface area contributed by atoms with Crippen LogP contribution in [0.4, 0.5) is 0 Å². The normalized spacial score (nSPS) is 11.8. The highest BCUT2D eigenvalue weighted by molar-refractivity contribution is 5.53. The van der Waals surface area contributed by atoms with Crippen LogP contribution in [0.1, 0.15) is 36.8 Å². The van der Waals surface area contributed by atoms with Crippen LogP contribution in [-0.4, -0.2) is 21.3 Å².